The minimum atomic E-state index is -0.237. The molecule has 1 saturated carbocycles. The van der Waals surface area contributed by atoms with Crippen molar-refractivity contribution in [3.05, 3.63) is 52.6 Å². The Kier molecular flexibility index (Phi) is 7.39. The maximum atomic E-state index is 14.2. The van der Waals surface area contributed by atoms with Crippen LogP contribution in [0.5, 0.6) is 0 Å². The van der Waals surface area contributed by atoms with E-state index >= 15 is 0 Å². The second-order valence-electron chi connectivity index (χ2n) is 7.28. The number of hydrogen-bond acceptors (Lipinski definition) is 3. The zero-order valence-corrected chi connectivity index (χ0v) is 19.6. The van der Waals surface area contributed by atoms with Gasteiger partial charge in [0.05, 0.1) is 19.3 Å². The summed E-state index contributed by atoms with van der Waals surface area (Å²) in [5, 5.41) is 8.25. The van der Waals surface area contributed by atoms with E-state index in [0.29, 0.717) is 30.3 Å². The fourth-order valence-electron chi connectivity index (χ4n) is 3.74. The molecule has 1 N–H and O–H groups in total. The molecule has 1 aliphatic carbocycles. The molecule has 6 nitrogen and oxygen atoms in total. The molecule has 0 radical (unpaired) electrons. The van der Waals surface area contributed by atoms with Gasteiger partial charge in [0.25, 0.3) is 0 Å². The minimum absolute atomic E-state index is 0. The number of hydrogen-bond donors (Lipinski definition) is 1. The van der Waals surface area contributed by atoms with Crippen molar-refractivity contribution in [3.8, 4) is 0 Å². The molecule has 3 unspecified atom stereocenters. The average Bonchev–Trinajstić information content (AvgIpc) is 3.28. The molecule has 2 heterocycles. The lowest BCUT2D eigenvalue weighted by Gasteiger charge is -2.35. The summed E-state index contributed by atoms with van der Waals surface area (Å²) in [7, 11) is 1.90. The number of rotatable bonds is 4. The Hall–Kier alpha value is -1.39. The molecule has 0 amide bonds. The second-order valence-corrected chi connectivity index (χ2v) is 7.69. The summed E-state index contributed by atoms with van der Waals surface area (Å²) >= 11 is 6.23. The monoisotopic (exact) mass is 533 g/mol. The maximum Gasteiger partial charge on any atom is 0.194 e. The highest BCUT2D eigenvalue weighted by atomic mass is 127. The van der Waals surface area contributed by atoms with Gasteiger partial charge in [0.15, 0.2) is 5.96 Å². The first-order chi connectivity index (χ1) is 13.6. The normalized spacial score (nSPS) is 24.2. The van der Waals surface area contributed by atoms with E-state index in [4.69, 9.17) is 16.3 Å². The van der Waals surface area contributed by atoms with Crippen LogP contribution < -0.4 is 5.32 Å². The number of halogens is 3. The first-order valence-corrected chi connectivity index (χ1v) is 10.0. The van der Waals surface area contributed by atoms with Crippen LogP contribution in [0, 0.1) is 5.82 Å². The molecule has 2 fully saturated rings. The minimum Gasteiger partial charge on any atom is -0.370 e. The van der Waals surface area contributed by atoms with Crippen molar-refractivity contribution in [2.75, 3.05) is 26.2 Å². The van der Waals surface area contributed by atoms with Crippen LogP contribution in [0.1, 0.15) is 36.5 Å². The van der Waals surface area contributed by atoms with Crippen molar-refractivity contribution >= 4 is 41.5 Å². The number of nitrogens with zero attached hydrogens (tertiary/aromatic N) is 4. The Morgan fingerprint density at radius 2 is 2.28 bits per heavy atom. The molecular formula is C20H26ClFIN5O. The van der Waals surface area contributed by atoms with Gasteiger partial charge in [-0.2, -0.15) is 5.10 Å². The Labute approximate surface area is 192 Å². The molecule has 0 bridgehead atoms. The van der Waals surface area contributed by atoms with Gasteiger partial charge >= 0.3 is 0 Å². The molecule has 1 saturated heterocycles. The number of morpholine rings is 1. The van der Waals surface area contributed by atoms with Gasteiger partial charge in [-0.1, -0.05) is 17.7 Å². The number of aliphatic imine (C=N–C) groups is 1. The van der Waals surface area contributed by atoms with Crippen LogP contribution in [0.3, 0.4) is 0 Å². The summed E-state index contributed by atoms with van der Waals surface area (Å²) in [6.45, 7) is 4.78. The zero-order chi connectivity index (χ0) is 19.7. The third kappa shape index (κ3) is 5.03. The largest absolute Gasteiger partial charge is 0.370 e. The third-order valence-electron chi connectivity index (χ3n) is 5.25. The Balaban J connectivity index is 0.00000240. The van der Waals surface area contributed by atoms with Gasteiger partial charge in [-0.15, -0.1) is 24.0 Å². The fourth-order valence-corrected chi connectivity index (χ4v) is 4.04. The van der Waals surface area contributed by atoms with Gasteiger partial charge in [0, 0.05) is 54.4 Å². The highest BCUT2D eigenvalue weighted by Gasteiger charge is 2.42. The molecule has 158 valence electrons. The van der Waals surface area contributed by atoms with Crippen LogP contribution in [-0.2, 0) is 11.8 Å². The molecule has 29 heavy (non-hydrogen) atoms. The fraction of sp³-hybridized carbons (Fsp3) is 0.500. The number of aryl methyl sites for hydroxylation is 1. The smallest absolute Gasteiger partial charge is 0.194 e. The summed E-state index contributed by atoms with van der Waals surface area (Å²) in [6, 6.07) is 5.00. The van der Waals surface area contributed by atoms with E-state index in [1.807, 2.05) is 26.4 Å². The maximum absolute atomic E-state index is 14.2. The van der Waals surface area contributed by atoms with Crippen molar-refractivity contribution < 1.29 is 9.13 Å². The second kappa shape index (κ2) is 9.61. The van der Waals surface area contributed by atoms with Crippen molar-refractivity contribution in [3.63, 3.8) is 0 Å². The average molecular weight is 534 g/mol. The number of ether oxygens (including phenoxy) is 1. The summed E-state index contributed by atoms with van der Waals surface area (Å²) in [5.41, 5.74) is 1.67. The van der Waals surface area contributed by atoms with Crippen LogP contribution in [0.15, 0.2) is 35.6 Å². The van der Waals surface area contributed by atoms with Crippen LogP contribution >= 0.6 is 35.6 Å². The van der Waals surface area contributed by atoms with Crippen LogP contribution in [0.2, 0.25) is 5.02 Å². The van der Waals surface area contributed by atoms with E-state index in [2.05, 4.69) is 20.3 Å². The van der Waals surface area contributed by atoms with E-state index in [-0.39, 0.29) is 47.9 Å². The first-order valence-electron chi connectivity index (χ1n) is 9.66. The first kappa shape index (κ1) is 22.3. The molecule has 3 atom stereocenters. The number of guanidine groups is 1. The molecule has 4 rings (SSSR count). The van der Waals surface area contributed by atoms with E-state index in [1.54, 1.807) is 16.8 Å². The molecule has 1 aromatic heterocycles. The molecule has 2 aliphatic rings. The lowest BCUT2D eigenvalue weighted by molar-refractivity contribution is -0.00810. The van der Waals surface area contributed by atoms with Gasteiger partial charge in [-0.3, -0.25) is 9.67 Å². The molecule has 0 spiro atoms. The van der Waals surface area contributed by atoms with Crippen molar-refractivity contribution in [2.24, 2.45) is 12.0 Å². The molecular weight excluding hydrogens is 508 g/mol. The summed E-state index contributed by atoms with van der Waals surface area (Å²) < 4.78 is 21.9. The van der Waals surface area contributed by atoms with Gasteiger partial charge in [-0.05, 0) is 25.5 Å². The Bertz CT molecular complexity index is 856. The highest BCUT2D eigenvalue weighted by Crippen LogP contribution is 2.45. The van der Waals surface area contributed by atoms with Crippen LogP contribution in [0.4, 0.5) is 4.39 Å². The molecule has 2 aromatic rings. The van der Waals surface area contributed by atoms with Crippen molar-refractivity contribution in [1.29, 1.82) is 0 Å². The van der Waals surface area contributed by atoms with Gasteiger partial charge < -0.3 is 15.0 Å². The lowest BCUT2D eigenvalue weighted by atomic mass is 10.1. The quantitative estimate of drug-likeness (QED) is 0.370. The summed E-state index contributed by atoms with van der Waals surface area (Å²) in [4.78, 5) is 6.87. The third-order valence-corrected chi connectivity index (χ3v) is 5.58. The Morgan fingerprint density at radius 1 is 1.45 bits per heavy atom. The summed E-state index contributed by atoms with van der Waals surface area (Å²) in [5.74, 6) is 0.685. The SMILES string of the molecule is CCN=C(NC1CC1c1c(F)cccc1Cl)N1CCOC(c2cnn(C)c2)C1.I. The van der Waals surface area contributed by atoms with E-state index in [1.165, 1.54) is 6.07 Å². The van der Waals surface area contributed by atoms with E-state index in [0.717, 1.165) is 24.5 Å². The van der Waals surface area contributed by atoms with Gasteiger partial charge in [0.2, 0.25) is 0 Å². The topological polar surface area (TPSA) is 54.7 Å². The summed E-state index contributed by atoms with van der Waals surface area (Å²) in [6.07, 6.45) is 4.63. The predicted octanol–water partition coefficient (Wildman–Crippen LogP) is 3.73. The Morgan fingerprint density at radius 3 is 2.97 bits per heavy atom. The zero-order valence-electron chi connectivity index (χ0n) is 16.5. The van der Waals surface area contributed by atoms with Gasteiger partial charge in [-0.25, -0.2) is 4.39 Å². The van der Waals surface area contributed by atoms with Gasteiger partial charge in [0.1, 0.15) is 11.9 Å². The van der Waals surface area contributed by atoms with Crippen LogP contribution in [-0.4, -0.2) is 52.9 Å². The predicted molar refractivity (Wildman–Crippen MR) is 123 cm³/mol. The number of benzene rings is 1. The van der Waals surface area contributed by atoms with Crippen molar-refractivity contribution in [1.82, 2.24) is 20.0 Å². The lowest BCUT2D eigenvalue weighted by Crippen LogP contribution is -2.49. The number of aromatic nitrogens is 2. The van der Waals surface area contributed by atoms with E-state index in [9.17, 15) is 4.39 Å². The highest BCUT2D eigenvalue weighted by molar-refractivity contribution is 14.0. The molecule has 1 aliphatic heterocycles. The van der Waals surface area contributed by atoms with Crippen LogP contribution in [0.25, 0.3) is 0 Å². The molecule has 9 heteroatoms. The number of nitrogens with one attached hydrogen (secondary N) is 1. The van der Waals surface area contributed by atoms with E-state index < -0.39 is 0 Å². The van der Waals surface area contributed by atoms with Crippen molar-refractivity contribution in [2.45, 2.75) is 31.4 Å². The molecule has 1 aromatic carbocycles. The standard InChI is InChI=1S/C20H25ClFN5O.HI/c1-3-23-20(25-17-9-14(17)19-15(21)5-4-6-16(19)22)27-7-8-28-18(12-27)13-10-24-26(2)11-13;/h4-6,10-11,14,17-18H,3,7-9,12H2,1-2H3,(H,23,25);1H.